The molecule has 0 fully saturated rings. The Bertz CT molecular complexity index is 382. The number of rotatable bonds is 7. The molecule has 0 aromatic heterocycles. The lowest BCUT2D eigenvalue weighted by molar-refractivity contribution is -0.131. The van der Waals surface area contributed by atoms with Crippen molar-refractivity contribution < 1.29 is 4.79 Å². The van der Waals surface area contributed by atoms with Gasteiger partial charge in [-0.25, -0.2) is 0 Å². The van der Waals surface area contributed by atoms with E-state index in [0.717, 1.165) is 43.6 Å². The van der Waals surface area contributed by atoms with Crippen LogP contribution in [-0.4, -0.2) is 23.9 Å². The second-order valence-electron chi connectivity index (χ2n) is 4.53. The third kappa shape index (κ3) is 5.97. The molecule has 0 aliphatic heterocycles. The molecule has 1 amide bonds. The van der Waals surface area contributed by atoms with Crippen LogP contribution in [0.5, 0.6) is 0 Å². The quantitative estimate of drug-likeness (QED) is 0.781. The second-order valence-corrected chi connectivity index (χ2v) is 4.53. The topological polar surface area (TPSA) is 46.3 Å². The maximum Gasteiger partial charge on any atom is 0.222 e. The van der Waals surface area contributed by atoms with Crippen LogP contribution in [0.25, 0.3) is 0 Å². The van der Waals surface area contributed by atoms with Gasteiger partial charge < -0.3 is 10.6 Å². The van der Waals surface area contributed by atoms with Crippen molar-refractivity contribution in [2.75, 3.05) is 18.8 Å². The summed E-state index contributed by atoms with van der Waals surface area (Å²) in [5.41, 5.74) is 7.72. The molecular formula is C15H25ClN2O. The molecule has 1 aromatic carbocycles. The number of nitrogen functional groups attached to an aromatic ring is 1. The van der Waals surface area contributed by atoms with E-state index in [1.807, 2.05) is 36.1 Å². The number of para-hydroxylation sites is 1. The van der Waals surface area contributed by atoms with Gasteiger partial charge in [0, 0.05) is 25.2 Å². The van der Waals surface area contributed by atoms with Crippen LogP contribution in [0.3, 0.4) is 0 Å². The van der Waals surface area contributed by atoms with E-state index in [4.69, 9.17) is 5.73 Å². The Hall–Kier alpha value is -1.22. The highest BCUT2D eigenvalue weighted by molar-refractivity contribution is 5.85. The lowest BCUT2D eigenvalue weighted by Crippen LogP contribution is -2.31. The van der Waals surface area contributed by atoms with Crippen molar-refractivity contribution in [3.8, 4) is 0 Å². The number of aryl methyl sites for hydroxylation is 1. The standard InChI is InChI=1S/C15H24N2O.ClH/c1-3-5-12-17(4-2)15(18)11-10-13-8-6-7-9-14(13)16;/h6-9H,3-5,10-12,16H2,1-2H3;1H. The number of carbonyl (C=O) groups excluding carboxylic acids is 1. The molecule has 4 heteroatoms. The van der Waals surface area contributed by atoms with Gasteiger partial charge in [0.25, 0.3) is 0 Å². The van der Waals surface area contributed by atoms with Gasteiger partial charge in [0.05, 0.1) is 0 Å². The Kier molecular flexibility index (Phi) is 9.06. The van der Waals surface area contributed by atoms with Crippen LogP contribution in [0.15, 0.2) is 24.3 Å². The molecule has 0 radical (unpaired) electrons. The summed E-state index contributed by atoms with van der Waals surface area (Å²) in [6.45, 7) is 5.84. The van der Waals surface area contributed by atoms with Gasteiger partial charge in [0.15, 0.2) is 0 Å². The highest BCUT2D eigenvalue weighted by Crippen LogP contribution is 2.13. The molecule has 108 valence electrons. The van der Waals surface area contributed by atoms with E-state index in [-0.39, 0.29) is 18.3 Å². The van der Waals surface area contributed by atoms with E-state index in [2.05, 4.69) is 6.92 Å². The largest absolute Gasteiger partial charge is 0.399 e. The molecule has 3 nitrogen and oxygen atoms in total. The summed E-state index contributed by atoms with van der Waals surface area (Å²) in [6, 6.07) is 7.75. The number of anilines is 1. The summed E-state index contributed by atoms with van der Waals surface area (Å²) in [4.78, 5) is 14.0. The van der Waals surface area contributed by atoms with Crippen molar-refractivity contribution in [2.24, 2.45) is 0 Å². The summed E-state index contributed by atoms with van der Waals surface area (Å²) in [5, 5.41) is 0. The van der Waals surface area contributed by atoms with Gasteiger partial charge in [-0.3, -0.25) is 4.79 Å². The highest BCUT2D eigenvalue weighted by atomic mass is 35.5. The summed E-state index contributed by atoms with van der Waals surface area (Å²) in [6.07, 6.45) is 3.47. The molecule has 0 saturated heterocycles. The van der Waals surface area contributed by atoms with Gasteiger partial charge in [-0.05, 0) is 31.4 Å². The molecule has 0 bridgehead atoms. The third-order valence-electron chi connectivity index (χ3n) is 3.18. The van der Waals surface area contributed by atoms with Gasteiger partial charge in [0.2, 0.25) is 5.91 Å². The smallest absolute Gasteiger partial charge is 0.222 e. The van der Waals surface area contributed by atoms with Crippen molar-refractivity contribution in [1.82, 2.24) is 4.90 Å². The minimum atomic E-state index is 0. The normalized spacial score (nSPS) is 9.79. The van der Waals surface area contributed by atoms with Crippen LogP contribution in [0.1, 0.15) is 38.7 Å². The van der Waals surface area contributed by atoms with E-state index in [0.29, 0.717) is 6.42 Å². The fourth-order valence-corrected chi connectivity index (χ4v) is 1.97. The number of hydrogen-bond acceptors (Lipinski definition) is 2. The van der Waals surface area contributed by atoms with E-state index in [1.165, 1.54) is 0 Å². The Balaban J connectivity index is 0.00000324. The van der Waals surface area contributed by atoms with Crippen LogP contribution in [-0.2, 0) is 11.2 Å². The molecule has 2 N–H and O–H groups in total. The van der Waals surface area contributed by atoms with Crippen LogP contribution >= 0.6 is 12.4 Å². The zero-order chi connectivity index (χ0) is 13.4. The van der Waals surface area contributed by atoms with E-state index >= 15 is 0 Å². The number of unbranched alkanes of at least 4 members (excludes halogenated alkanes) is 1. The minimum absolute atomic E-state index is 0. The average molecular weight is 285 g/mol. The van der Waals surface area contributed by atoms with Crippen molar-refractivity contribution >= 4 is 24.0 Å². The number of hydrogen-bond donors (Lipinski definition) is 1. The maximum atomic E-state index is 12.0. The second kappa shape index (κ2) is 9.68. The first-order chi connectivity index (χ1) is 8.69. The molecule has 0 spiro atoms. The molecule has 0 saturated carbocycles. The molecule has 1 aromatic rings. The Morgan fingerprint density at radius 2 is 1.95 bits per heavy atom. The van der Waals surface area contributed by atoms with E-state index < -0.39 is 0 Å². The zero-order valence-electron chi connectivity index (χ0n) is 11.9. The summed E-state index contributed by atoms with van der Waals surface area (Å²) in [5.74, 6) is 0.231. The maximum absolute atomic E-state index is 12.0. The van der Waals surface area contributed by atoms with Crippen molar-refractivity contribution in [3.05, 3.63) is 29.8 Å². The van der Waals surface area contributed by atoms with Crippen LogP contribution < -0.4 is 5.73 Å². The average Bonchev–Trinajstić information content (AvgIpc) is 2.38. The monoisotopic (exact) mass is 284 g/mol. The van der Waals surface area contributed by atoms with Gasteiger partial charge >= 0.3 is 0 Å². The molecule has 0 atom stereocenters. The van der Waals surface area contributed by atoms with E-state index in [9.17, 15) is 4.79 Å². The summed E-state index contributed by atoms with van der Waals surface area (Å²) in [7, 11) is 0. The third-order valence-corrected chi connectivity index (χ3v) is 3.18. The highest BCUT2D eigenvalue weighted by Gasteiger charge is 2.11. The fourth-order valence-electron chi connectivity index (χ4n) is 1.97. The minimum Gasteiger partial charge on any atom is -0.399 e. The number of halogens is 1. The molecule has 0 heterocycles. The first kappa shape index (κ1) is 17.8. The number of carbonyl (C=O) groups is 1. The Labute approximate surface area is 122 Å². The summed E-state index contributed by atoms with van der Waals surface area (Å²) < 4.78 is 0. The van der Waals surface area contributed by atoms with Gasteiger partial charge in [-0.15, -0.1) is 12.4 Å². The SMILES string of the molecule is CCCCN(CC)C(=O)CCc1ccccc1N.Cl. The molecule has 1 rings (SSSR count). The van der Waals surface area contributed by atoms with Crippen molar-refractivity contribution in [1.29, 1.82) is 0 Å². The Morgan fingerprint density at radius 3 is 2.53 bits per heavy atom. The molecule has 19 heavy (non-hydrogen) atoms. The summed E-state index contributed by atoms with van der Waals surface area (Å²) >= 11 is 0. The molecule has 0 unspecified atom stereocenters. The predicted octanol–water partition coefficient (Wildman–Crippen LogP) is 3.27. The molecule has 0 aliphatic rings. The van der Waals surface area contributed by atoms with Crippen LogP contribution in [0.2, 0.25) is 0 Å². The number of benzene rings is 1. The molecule has 0 aliphatic carbocycles. The van der Waals surface area contributed by atoms with Crippen LogP contribution in [0.4, 0.5) is 5.69 Å². The Morgan fingerprint density at radius 1 is 1.26 bits per heavy atom. The zero-order valence-corrected chi connectivity index (χ0v) is 12.7. The first-order valence-electron chi connectivity index (χ1n) is 6.80. The predicted molar refractivity (Wildman–Crippen MR) is 83.6 cm³/mol. The van der Waals surface area contributed by atoms with Crippen molar-refractivity contribution in [3.63, 3.8) is 0 Å². The molecular weight excluding hydrogens is 260 g/mol. The van der Waals surface area contributed by atoms with Crippen LogP contribution in [0, 0.1) is 0 Å². The van der Waals surface area contributed by atoms with Crippen molar-refractivity contribution in [2.45, 2.75) is 39.5 Å². The lowest BCUT2D eigenvalue weighted by Gasteiger charge is -2.20. The van der Waals surface area contributed by atoms with Gasteiger partial charge in [-0.2, -0.15) is 0 Å². The first-order valence-corrected chi connectivity index (χ1v) is 6.80. The number of nitrogens with two attached hydrogens (primary N) is 1. The number of amides is 1. The van der Waals surface area contributed by atoms with E-state index in [1.54, 1.807) is 0 Å². The number of nitrogens with zero attached hydrogens (tertiary/aromatic N) is 1. The lowest BCUT2D eigenvalue weighted by atomic mass is 10.1. The fraction of sp³-hybridized carbons (Fsp3) is 0.533. The van der Waals surface area contributed by atoms with Gasteiger partial charge in [-0.1, -0.05) is 31.5 Å². The van der Waals surface area contributed by atoms with Gasteiger partial charge in [0.1, 0.15) is 0 Å².